The third-order valence-electron chi connectivity index (χ3n) is 3.40. The Balaban J connectivity index is 2.59. The van der Waals surface area contributed by atoms with E-state index in [2.05, 4.69) is 5.32 Å². The summed E-state index contributed by atoms with van der Waals surface area (Å²) in [5.41, 5.74) is 5.20. The molecular formula is C14H20F2N2O2. The maximum Gasteiger partial charge on any atom is 0.258 e. The van der Waals surface area contributed by atoms with Crippen molar-refractivity contribution in [3.8, 4) is 5.75 Å². The number of carbonyl (C=O) groups excluding carboxylic acids is 1. The molecule has 6 heteroatoms. The monoisotopic (exact) mass is 286 g/mol. The molecule has 4 nitrogen and oxygen atoms in total. The second kappa shape index (κ2) is 7.19. The Kier molecular flexibility index (Phi) is 5.88. The maximum absolute atomic E-state index is 13.3. The highest BCUT2D eigenvalue weighted by Crippen LogP contribution is 2.18. The minimum atomic E-state index is -0.839. The van der Waals surface area contributed by atoms with E-state index in [1.807, 2.05) is 13.8 Å². The summed E-state index contributed by atoms with van der Waals surface area (Å²) in [6, 6.07) is 2.92. The number of amides is 1. The summed E-state index contributed by atoms with van der Waals surface area (Å²) in [5.74, 6) is -2.08. The van der Waals surface area contributed by atoms with Crippen LogP contribution < -0.4 is 15.8 Å². The van der Waals surface area contributed by atoms with Gasteiger partial charge in [0.15, 0.2) is 18.2 Å². The lowest BCUT2D eigenvalue weighted by Gasteiger charge is -2.31. The first kappa shape index (κ1) is 16.4. The van der Waals surface area contributed by atoms with Crippen LogP contribution in [-0.4, -0.2) is 24.6 Å². The van der Waals surface area contributed by atoms with Crippen molar-refractivity contribution in [2.75, 3.05) is 13.2 Å². The first-order valence-electron chi connectivity index (χ1n) is 6.55. The third kappa shape index (κ3) is 4.16. The molecule has 0 aliphatic heterocycles. The predicted octanol–water partition coefficient (Wildman–Crippen LogP) is 1.98. The zero-order valence-corrected chi connectivity index (χ0v) is 11.7. The number of rotatable bonds is 7. The molecule has 112 valence electrons. The number of hydrogen-bond acceptors (Lipinski definition) is 3. The van der Waals surface area contributed by atoms with Gasteiger partial charge in [-0.1, -0.05) is 13.8 Å². The lowest BCUT2D eigenvalue weighted by atomic mass is 9.93. The van der Waals surface area contributed by atoms with E-state index in [-0.39, 0.29) is 18.3 Å². The van der Waals surface area contributed by atoms with Gasteiger partial charge >= 0.3 is 0 Å². The SMILES string of the molecule is CCC(CC)(CN)NC(=O)COc1ccc(F)cc1F. The van der Waals surface area contributed by atoms with Gasteiger partial charge in [-0.2, -0.15) is 0 Å². The van der Waals surface area contributed by atoms with Gasteiger partial charge in [-0.25, -0.2) is 8.78 Å². The zero-order chi connectivity index (χ0) is 15.2. The lowest BCUT2D eigenvalue weighted by molar-refractivity contribution is -0.125. The van der Waals surface area contributed by atoms with Crippen LogP contribution in [0, 0.1) is 11.6 Å². The first-order chi connectivity index (χ1) is 9.46. The number of nitrogens with one attached hydrogen (secondary N) is 1. The van der Waals surface area contributed by atoms with E-state index in [4.69, 9.17) is 10.5 Å². The fourth-order valence-electron chi connectivity index (χ4n) is 1.83. The minimum Gasteiger partial charge on any atom is -0.481 e. The fraction of sp³-hybridized carbons (Fsp3) is 0.500. The molecule has 0 unspecified atom stereocenters. The van der Waals surface area contributed by atoms with Crippen LogP contribution >= 0.6 is 0 Å². The Hall–Kier alpha value is -1.69. The van der Waals surface area contributed by atoms with Gasteiger partial charge in [0.25, 0.3) is 5.91 Å². The Labute approximate surface area is 117 Å². The Bertz CT molecular complexity index is 454. The average Bonchev–Trinajstić information content (AvgIpc) is 2.44. The predicted molar refractivity (Wildman–Crippen MR) is 72.4 cm³/mol. The van der Waals surface area contributed by atoms with Crippen molar-refractivity contribution in [3.63, 3.8) is 0 Å². The molecule has 3 N–H and O–H groups in total. The number of nitrogens with two attached hydrogens (primary N) is 1. The highest BCUT2D eigenvalue weighted by atomic mass is 19.1. The average molecular weight is 286 g/mol. The lowest BCUT2D eigenvalue weighted by Crippen LogP contribution is -2.54. The van der Waals surface area contributed by atoms with Crippen molar-refractivity contribution in [1.29, 1.82) is 0 Å². The summed E-state index contributed by atoms with van der Waals surface area (Å²) in [5, 5.41) is 2.80. The Morgan fingerprint density at radius 2 is 2.00 bits per heavy atom. The zero-order valence-electron chi connectivity index (χ0n) is 11.7. The van der Waals surface area contributed by atoms with Gasteiger partial charge in [0.2, 0.25) is 0 Å². The van der Waals surface area contributed by atoms with Gasteiger partial charge in [-0.05, 0) is 25.0 Å². The molecule has 0 radical (unpaired) electrons. The quantitative estimate of drug-likeness (QED) is 0.805. The number of benzene rings is 1. The van der Waals surface area contributed by atoms with E-state index in [0.717, 1.165) is 12.1 Å². The fourth-order valence-corrected chi connectivity index (χ4v) is 1.83. The molecule has 20 heavy (non-hydrogen) atoms. The molecule has 0 aliphatic carbocycles. The normalized spacial score (nSPS) is 11.2. The number of hydrogen-bond donors (Lipinski definition) is 2. The van der Waals surface area contributed by atoms with Gasteiger partial charge in [0.1, 0.15) is 5.82 Å². The molecule has 1 aromatic rings. The van der Waals surface area contributed by atoms with Crippen molar-refractivity contribution in [2.24, 2.45) is 5.73 Å². The van der Waals surface area contributed by atoms with Crippen molar-refractivity contribution >= 4 is 5.91 Å². The van der Waals surface area contributed by atoms with Gasteiger partial charge < -0.3 is 15.8 Å². The molecule has 0 saturated heterocycles. The summed E-state index contributed by atoms with van der Waals surface area (Å²) in [6.07, 6.45) is 1.38. The van der Waals surface area contributed by atoms with Crippen LogP contribution in [0.2, 0.25) is 0 Å². The van der Waals surface area contributed by atoms with Crippen LogP contribution in [-0.2, 0) is 4.79 Å². The van der Waals surface area contributed by atoms with E-state index < -0.39 is 17.2 Å². The molecule has 0 saturated carbocycles. The van der Waals surface area contributed by atoms with Crippen LogP contribution in [0.25, 0.3) is 0 Å². The molecule has 0 fully saturated rings. The molecule has 1 aromatic carbocycles. The van der Waals surface area contributed by atoms with Crippen molar-refractivity contribution in [1.82, 2.24) is 5.32 Å². The topological polar surface area (TPSA) is 64.3 Å². The van der Waals surface area contributed by atoms with E-state index in [0.29, 0.717) is 25.5 Å². The summed E-state index contributed by atoms with van der Waals surface area (Å²) in [6.45, 7) is 3.83. The summed E-state index contributed by atoms with van der Waals surface area (Å²) >= 11 is 0. The second-order valence-electron chi connectivity index (χ2n) is 4.60. The molecule has 1 rings (SSSR count). The van der Waals surface area contributed by atoms with Crippen molar-refractivity contribution < 1.29 is 18.3 Å². The highest BCUT2D eigenvalue weighted by molar-refractivity contribution is 5.78. The summed E-state index contributed by atoms with van der Waals surface area (Å²) in [4.78, 5) is 11.8. The van der Waals surface area contributed by atoms with Crippen LogP contribution in [0.4, 0.5) is 8.78 Å². The summed E-state index contributed by atoms with van der Waals surface area (Å²) in [7, 11) is 0. The molecule has 1 amide bonds. The van der Waals surface area contributed by atoms with E-state index in [1.165, 1.54) is 0 Å². The number of ether oxygens (including phenoxy) is 1. The first-order valence-corrected chi connectivity index (χ1v) is 6.55. The largest absolute Gasteiger partial charge is 0.481 e. The molecule has 0 atom stereocenters. The molecular weight excluding hydrogens is 266 g/mol. The van der Waals surface area contributed by atoms with Gasteiger partial charge in [-0.15, -0.1) is 0 Å². The molecule has 0 aromatic heterocycles. The smallest absolute Gasteiger partial charge is 0.258 e. The van der Waals surface area contributed by atoms with Crippen LogP contribution in [0.3, 0.4) is 0 Å². The Morgan fingerprint density at radius 3 is 2.50 bits per heavy atom. The second-order valence-corrected chi connectivity index (χ2v) is 4.60. The molecule has 0 bridgehead atoms. The summed E-state index contributed by atoms with van der Waals surface area (Å²) < 4.78 is 31.1. The van der Waals surface area contributed by atoms with Crippen LogP contribution in [0.15, 0.2) is 18.2 Å². The molecule has 0 aliphatic rings. The number of halogens is 2. The standard InChI is InChI=1S/C14H20F2N2O2/c1-3-14(4-2,9-17)18-13(19)8-20-12-6-5-10(15)7-11(12)16/h5-7H,3-4,8-9,17H2,1-2H3,(H,18,19). The van der Waals surface area contributed by atoms with Crippen LogP contribution in [0.5, 0.6) is 5.75 Å². The maximum atomic E-state index is 13.3. The van der Waals surface area contributed by atoms with E-state index >= 15 is 0 Å². The Morgan fingerprint density at radius 1 is 1.35 bits per heavy atom. The molecule has 0 heterocycles. The molecule has 0 spiro atoms. The van der Waals surface area contributed by atoms with E-state index in [1.54, 1.807) is 0 Å². The van der Waals surface area contributed by atoms with Crippen LogP contribution in [0.1, 0.15) is 26.7 Å². The van der Waals surface area contributed by atoms with E-state index in [9.17, 15) is 13.6 Å². The third-order valence-corrected chi connectivity index (χ3v) is 3.40. The van der Waals surface area contributed by atoms with Crippen molar-refractivity contribution in [2.45, 2.75) is 32.2 Å². The van der Waals surface area contributed by atoms with Gasteiger partial charge in [0.05, 0.1) is 5.54 Å². The van der Waals surface area contributed by atoms with Gasteiger partial charge in [-0.3, -0.25) is 4.79 Å². The number of carbonyl (C=O) groups is 1. The van der Waals surface area contributed by atoms with Gasteiger partial charge in [0, 0.05) is 12.6 Å². The van der Waals surface area contributed by atoms with Crippen molar-refractivity contribution in [3.05, 3.63) is 29.8 Å². The minimum absolute atomic E-state index is 0.159. The highest BCUT2D eigenvalue weighted by Gasteiger charge is 2.26.